The minimum atomic E-state index is -2.92. The zero-order valence-electron chi connectivity index (χ0n) is 15.9. The van der Waals surface area contributed by atoms with Crippen molar-refractivity contribution in [2.75, 3.05) is 25.7 Å². The predicted molar refractivity (Wildman–Crippen MR) is 101 cm³/mol. The third-order valence-corrected chi connectivity index (χ3v) is 6.94. The van der Waals surface area contributed by atoms with Gasteiger partial charge in [-0.15, -0.1) is 0 Å². The van der Waals surface area contributed by atoms with Gasteiger partial charge in [0.2, 0.25) is 0 Å². The molecule has 1 saturated heterocycles. The number of benzene rings is 1. The molecule has 7 heteroatoms. The van der Waals surface area contributed by atoms with E-state index in [4.69, 9.17) is 4.74 Å². The molecular formula is C19H28N3O3S+. The Kier molecular flexibility index (Phi) is 5.39. The highest BCUT2D eigenvalue weighted by molar-refractivity contribution is 7.91. The van der Waals surface area contributed by atoms with Crippen LogP contribution in [0.1, 0.15) is 35.0 Å². The Morgan fingerprint density at radius 1 is 1.27 bits per heavy atom. The second kappa shape index (κ2) is 7.40. The van der Waals surface area contributed by atoms with Crippen LogP contribution in [0.25, 0.3) is 0 Å². The van der Waals surface area contributed by atoms with Crippen molar-refractivity contribution in [2.24, 2.45) is 0 Å². The van der Waals surface area contributed by atoms with Crippen LogP contribution in [0.3, 0.4) is 0 Å². The molecule has 1 unspecified atom stereocenters. The third-order valence-electron chi connectivity index (χ3n) is 5.19. The number of hydrogen-bond acceptors (Lipinski definition) is 4. The summed E-state index contributed by atoms with van der Waals surface area (Å²) in [7, 11) is 0.937. The smallest absolute Gasteiger partial charge is 0.152 e. The van der Waals surface area contributed by atoms with E-state index in [0.717, 1.165) is 30.2 Å². The van der Waals surface area contributed by atoms with E-state index in [0.29, 0.717) is 6.42 Å². The van der Waals surface area contributed by atoms with Crippen molar-refractivity contribution in [3.63, 3.8) is 0 Å². The maximum atomic E-state index is 11.8. The molecular weight excluding hydrogens is 350 g/mol. The van der Waals surface area contributed by atoms with E-state index in [1.54, 1.807) is 7.11 Å². The van der Waals surface area contributed by atoms with Crippen molar-refractivity contribution in [3.8, 4) is 5.75 Å². The molecule has 142 valence electrons. The molecule has 6 nitrogen and oxygen atoms in total. The fourth-order valence-electron chi connectivity index (χ4n) is 3.82. The van der Waals surface area contributed by atoms with E-state index in [-0.39, 0.29) is 17.5 Å². The molecule has 1 fully saturated rings. The number of sulfone groups is 1. The van der Waals surface area contributed by atoms with E-state index >= 15 is 0 Å². The topological polar surface area (TPSA) is 65.6 Å². The first-order valence-electron chi connectivity index (χ1n) is 8.99. The lowest BCUT2D eigenvalue weighted by molar-refractivity contribution is -0.907. The molecule has 0 bridgehead atoms. The predicted octanol–water partition coefficient (Wildman–Crippen LogP) is 1.08. The Labute approximate surface area is 155 Å². The monoisotopic (exact) mass is 378 g/mol. The van der Waals surface area contributed by atoms with Gasteiger partial charge < -0.3 is 9.64 Å². The summed E-state index contributed by atoms with van der Waals surface area (Å²) in [5, 5.41) is 4.67. The molecule has 3 rings (SSSR count). The number of nitrogens with one attached hydrogen (secondary N) is 1. The number of hydrogen-bond donors (Lipinski definition) is 1. The number of methoxy groups -OCH3 is 1. The minimum Gasteiger partial charge on any atom is -0.496 e. The van der Waals surface area contributed by atoms with Gasteiger partial charge in [-0.1, -0.05) is 12.1 Å². The van der Waals surface area contributed by atoms with Gasteiger partial charge in [0, 0.05) is 11.3 Å². The van der Waals surface area contributed by atoms with Gasteiger partial charge in [0.25, 0.3) is 0 Å². The summed E-state index contributed by atoms with van der Waals surface area (Å²) >= 11 is 0. The second-order valence-corrected chi connectivity index (χ2v) is 9.50. The molecule has 2 aromatic rings. The lowest BCUT2D eigenvalue weighted by atomic mass is 10.1. The summed E-state index contributed by atoms with van der Waals surface area (Å²) in [5.74, 6) is 1.38. The van der Waals surface area contributed by atoms with Gasteiger partial charge in [-0.25, -0.2) is 8.42 Å². The van der Waals surface area contributed by atoms with Gasteiger partial charge in [-0.05, 0) is 32.4 Å². The molecule has 1 aromatic heterocycles. The Morgan fingerprint density at radius 3 is 2.65 bits per heavy atom. The Bertz CT molecular complexity index is 889. The number of para-hydroxylation sites is 1. The first kappa shape index (κ1) is 18.9. The summed E-state index contributed by atoms with van der Waals surface area (Å²) in [6.07, 6.45) is 0.660. The first-order valence-corrected chi connectivity index (χ1v) is 10.8. The normalized spacial score (nSPS) is 20.2. The number of nitrogens with zero attached hydrogens (tertiary/aromatic N) is 2. The van der Waals surface area contributed by atoms with Crippen molar-refractivity contribution in [2.45, 2.75) is 39.4 Å². The molecule has 0 radical (unpaired) electrons. The Morgan fingerprint density at radius 2 is 2.00 bits per heavy atom. The molecule has 2 atom stereocenters. The van der Waals surface area contributed by atoms with Crippen LogP contribution in [-0.4, -0.2) is 43.9 Å². The van der Waals surface area contributed by atoms with Gasteiger partial charge in [0.05, 0.1) is 43.0 Å². The van der Waals surface area contributed by atoms with Crippen LogP contribution in [0.15, 0.2) is 24.3 Å². The van der Waals surface area contributed by atoms with Crippen LogP contribution >= 0.6 is 0 Å². The van der Waals surface area contributed by atoms with Gasteiger partial charge in [0.15, 0.2) is 9.84 Å². The molecule has 0 aliphatic carbocycles. The van der Waals surface area contributed by atoms with Crippen LogP contribution in [0.5, 0.6) is 5.75 Å². The SMILES string of the molecule is COc1ccccc1C[NH+](C)Cc1c(C)nn([C@H]2CCS(=O)(=O)C2)c1C. The van der Waals surface area contributed by atoms with Crippen LogP contribution in [0.2, 0.25) is 0 Å². The zero-order valence-corrected chi connectivity index (χ0v) is 16.8. The number of aromatic nitrogens is 2. The van der Waals surface area contributed by atoms with Crippen molar-refractivity contribution >= 4 is 9.84 Å². The highest BCUT2D eigenvalue weighted by atomic mass is 32.2. The third kappa shape index (κ3) is 3.94. The van der Waals surface area contributed by atoms with Crippen molar-refractivity contribution in [3.05, 3.63) is 46.8 Å². The molecule has 1 aromatic carbocycles. The molecule has 0 saturated carbocycles. The standard InChI is InChI=1S/C19H27N3O3S/c1-14-18(12-21(3)11-16-7-5-6-8-19(16)25-4)15(2)22(20-14)17-9-10-26(23,24)13-17/h5-8,17H,9-13H2,1-4H3/p+1/t17-/m0/s1. The van der Waals surface area contributed by atoms with Gasteiger partial charge in [-0.2, -0.15) is 5.10 Å². The summed E-state index contributed by atoms with van der Waals surface area (Å²) < 4.78 is 31.0. The highest BCUT2D eigenvalue weighted by Crippen LogP contribution is 2.26. The van der Waals surface area contributed by atoms with Crippen LogP contribution in [0.4, 0.5) is 0 Å². The van der Waals surface area contributed by atoms with Crippen molar-refractivity contribution < 1.29 is 18.1 Å². The molecule has 26 heavy (non-hydrogen) atoms. The maximum Gasteiger partial charge on any atom is 0.152 e. The van der Waals surface area contributed by atoms with E-state index in [2.05, 4.69) is 25.1 Å². The van der Waals surface area contributed by atoms with Crippen LogP contribution < -0.4 is 9.64 Å². The lowest BCUT2D eigenvalue weighted by Crippen LogP contribution is -3.06. The maximum absolute atomic E-state index is 11.8. The zero-order chi connectivity index (χ0) is 18.9. The average molecular weight is 379 g/mol. The minimum absolute atomic E-state index is 0.0260. The van der Waals surface area contributed by atoms with Gasteiger partial charge >= 0.3 is 0 Å². The second-order valence-electron chi connectivity index (χ2n) is 7.27. The summed E-state index contributed by atoms with van der Waals surface area (Å²) in [5.41, 5.74) is 4.47. The van der Waals surface area contributed by atoms with E-state index in [1.165, 1.54) is 16.0 Å². The number of rotatable bonds is 6. The van der Waals surface area contributed by atoms with Gasteiger partial charge in [-0.3, -0.25) is 4.68 Å². The summed E-state index contributed by atoms with van der Waals surface area (Å²) in [6.45, 7) is 5.76. The Hall–Kier alpha value is -1.86. The molecule has 0 spiro atoms. The van der Waals surface area contributed by atoms with E-state index in [1.807, 2.05) is 29.8 Å². The average Bonchev–Trinajstić information content (AvgIpc) is 3.09. The van der Waals surface area contributed by atoms with Crippen molar-refractivity contribution in [1.82, 2.24) is 9.78 Å². The molecule has 1 aliphatic rings. The van der Waals surface area contributed by atoms with Crippen molar-refractivity contribution in [1.29, 1.82) is 0 Å². The number of ether oxygens (including phenoxy) is 1. The fraction of sp³-hybridized carbons (Fsp3) is 0.526. The molecule has 1 N–H and O–H groups in total. The molecule has 2 heterocycles. The van der Waals surface area contributed by atoms with Crippen LogP contribution in [-0.2, 0) is 22.9 Å². The van der Waals surface area contributed by atoms with Gasteiger partial charge in [0.1, 0.15) is 18.8 Å². The quantitative estimate of drug-likeness (QED) is 0.817. The molecule has 0 amide bonds. The lowest BCUT2D eigenvalue weighted by Gasteiger charge is -2.17. The summed E-state index contributed by atoms with van der Waals surface area (Å²) in [4.78, 5) is 1.33. The largest absolute Gasteiger partial charge is 0.496 e. The summed E-state index contributed by atoms with van der Waals surface area (Å²) in [6, 6.07) is 8.06. The number of aryl methyl sites for hydroxylation is 1. The fourth-order valence-corrected chi connectivity index (χ4v) is 5.51. The Balaban J connectivity index is 1.76. The van der Waals surface area contributed by atoms with Crippen LogP contribution in [0, 0.1) is 13.8 Å². The van der Waals surface area contributed by atoms with E-state index in [9.17, 15) is 8.42 Å². The first-order chi connectivity index (χ1) is 12.3. The van der Waals surface area contributed by atoms with E-state index < -0.39 is 9.84 Å². The highest BCUT2D eigenvalue weighted by Gasteiger charge is 2.31. The molecule has 1 aliphatic heterocycles. The number of quaternary nitrogens is 1.